The fourth-order valence-electron chi connectivity index (χ4n) is 3.61. The molecule has 1 aliphatic carbocycles. The van der Waals surface area contributed by atoms with Crippen LogP contribution >= 0.6 is 0 Å². The predicted octanol–water partition coefficient (Wildman–Crippen LogP) is 3.33. The van der Waals surface area contributed by atoms with Crippen LogP contribution in [0.15, 0.2) is 0 Å². The Bertz CT molecular complexity index is 296. The molecule has 0 aliphatic heterocycles. The van der Waals surface area contributed by atoms with E-state index in [0.29, 0.717) is 29.6 Å². The molecule has 1 saturated carbocycles. The standard InChI is InChI=1S/C17H34N2O/c1-13(10-17(2,3)4)9-16(20)19-12-15-8-6-5-7-14(15)11-18/h13-15H,5-12,18H2,1-4H3,(H,19,20). The summed E-state index contributed by atoms with van der Waals surface area (Å²) in [6.45, 7) is 10.5. The highest BCUT2D eigenvalue weighted by atomic mass is 16.1. The van der Waals surface area contributed by atoms with Gasteiger partial charge in [-0.05, 0) is 49.0 Å². The molecule has 3 heteroatoms. The van der Waals surface area contributed by atoms with Crippen molar-refractivity contribution in [3.63, 3.8) is 0 Å². The van der Waals surface area contributed by atoms with Crippen LogP contribution in [-0.4, -0.2) is 19.0 Å². The molecule has 0 bridgehead atoms. The summed E-state index contributed by atoms with van der Waals surface area (Å²) >= 11 is 0. The fourth-order valence-corrected chi connectivity index (χ4v) is 3.61. The topological polar surface area (TPSA) is 55.1 Å². The first-order chi connectivity index (χ1) is 9.31. The van der Waals surface area contributed by atoms with Crippen LogP contribution in [0.3, 0.4) is 0 Å². The first-order valence-electron chi connectivity index (χ1n) is 8.28. The second-order valence-corrected chi connectivity index (χ2v) is 7.92. The van der Waals surface area contributed by atoms with Crippen LogP contribution < -0.4 is 11.1 Å². The summed E-state index contributed by atoms with van der Waals surface area (Å²) in [6, 6.07) is 0. The largest absolute Gasteiger partial charge is 0.356 e. The van der Waals surface area contributed by atoms with E-state index in [4.69, 9.17) is 5.73 Å². The lowest BCUT2D eigenvalue weighted by atomic mass is 9.79. The molecule has 0 heterocycles. The van der Waals surface area contributed by atoms with Gasteiger partial charge in [0.1, 0.15) is 0 Å². The number of nitrogens with one attached hydrogen (secondary N) is 1. The van der Waals surface area contributed by atoms with Gasteiger partial charge >= 0.3 is 0 Å². The molecular weight excluding hydrogens is 248 g/mol. The fraction of sp³-hybridized carbons (Fsp3) is 0.941. The molecule has 0 saturated heterocycles. The van der Waals surface area contributed by atoms with Crippen LogP contribution in [0.5, 0.6) is 0 Å². The third-order valence-corrected chi connectivity index (χ3v) is 4.43. The summed E-state index contributed by atoms with van der Waals surface area (Å²) in [7, 11) is 0. The third-order valence-electron chi connectivity index (χ3n) is 4.43. The average Bonchev–Trinajstić information content (AvgIpc) is 2.34. The first kappa shape index (κ1) is 17.5. The van der Waals surface area contributed by atoms with Crippen LogP contribution in [0.4, 0.5) is 0 Å². The van der Waals surface area contributed by atoms with E-state index in [1.54, 1.807) is 0 Å². The number of hydrogen-bond acceptors (Lipinski definition) is 2. The average molecular weight is 282 g/mol. The van der Waals surface area contributed by atoms with E-state index in [1.165, 1.54) is 25.7 Å². The maximum absolute atomic E-state index is 12.0. The van der Waals surface area contributed by atoms with E-state index < -0.39 is 0 Å². The molecule has 0 spiro atoms. The number of amides is 1. The smallest absolute Gasteiger partial charge is 0.220 e. The maximum atomic E-state index is 12.0. The Balaban J connectivity index is 2.28. The van der Waals surface area contributed by atoms with Crippen molar-refractivity contribution in [2.45, 2.75) is 66.2 Å². The molecule has 3 nitrogen and oxygen atoms in total. The molecule has 0 radical (unpaired) electrons. The van der Waals surface area contributed by atoms with E-state index in [1.807, 2.05) is 0 Å². The van der Waals surface area contributed by atoms with E-state index >= 15 is 0 Å². The minimum Gasteiger partial charge on any atom is -0.356 e. The Kier molecular flexibility index (Phi) is 7.01. The second kappa shape index (κ2) is 8.02. The normalized spacial score (nSPS) is 25.2. The molecule has 118 valence electrons. The number of hydrogen-bond donors (Lipinski definition) is 2. The highest BCUT2D eigenvalue weighted by Gasteiger charge is 2.24. The van der Waals surface area contributed by atoms with Gasteiger partial charge in [-0.15, -0.1) is 0 Å². The molecule has 1 aliphatic rings. The summed E-state index contributed by atoms with van der Waals surface area (Å²) < 4.78 is 0. The van der Waals surface area contributed by atoms with Crippen LogP contribution in [-0.2, 0) is 4.79 Å². The third kappa shape index (κ3) is 6.74. The van der Waals surface area contributed by atoms with Crippen molar-refractivity contribution in [1.82, 2.24) is 5.32 Å². The SMILES string of the molecule is CC(CC(=O)NCC1CCCCC1CN)CC(C)(C)C. The van der Waals surface area contributed by atoms with Gasteiger partial charge in [0.2, 0.25) is 5.91 Å². The van der Waals surface area contributed by atoms with Crippen LogP contribution in [0.2, 0.25) is 0 Å². The Morgan fingerprint density at radius 2 is 1.85 bits per heavy atom. The van der Waals surface area contributed by atoms with Crippen molar-refractivity contribution < 1.29 is 4.79 Å². The number of carbonyl (C=O) groups is 1. The van der Waals surface area contributed by atoms with Crippen molar-refractivity contribution in [3.8, 4) is 0 Å². The molecule has 3 N–H and O–H groups in total. The van der Waals surface area contributed by atoms with Gasteiger partial charge in [0.25, 0.3) is 0 Å². The van der Waals surface area contributed by atoms with Crippen molar-refractivity contribution in [3.05, 3.63) is 0 Å². The van der Waals surface area contributed by atoms with Gasteiger partial charge in [-0.1, -0.05) is 40.5 Å². The zero-order valence-corrected chi connectivity index (χ0v) is 13.9. The predicted molar refractivity (Wildman–Crippen MR) is 85.4 cm³/mol. The number of carbonyl (C=O) groups excluding carboxylic acids is 1. The molecule has 0 aromatic carbocycles. The first-order valence-corrected chi connectivity index (χ1v) is 8.28. The quantitative estimate of drug-likeness (QED) is 0.785. The van der Waals surface area contributed by atoms with Gasteiger partial charge < -0.3 is 11.1 Å². The zero-order valence-electron chi connectivity index (χ0n) is 13.9. The molecule has 0 aromatic rings. The molecule has 3 unspecified atom stereocenters. The molecular formula is C17H34N2O. The lowest BCUT2D eigenvalue weighted by Crippen LogP contribution is -2.37. The Morgan fingerprint density at radius 1 is 1.25 bits per heavy atom. The highest BCUT2D eigenvalue weighted by Crippen LogP contribution is 2.29. The van der Waals surface area contributed by atoms with E-state index in [2.05, 4.69) is 33.0 Å². The summed E-state index contributed by atoms with van der Waals surface area (Å²) in [4.78, 5) is 12.0. The summed E-state index contributed by atoms with van der Waals surface area (Å²) in [5.74, 6) is 1.86. The van der Waals surface area contributed by atoms with Crippen molar-refractivity contribution in [2.24, 2.45) is 28.9 Å². The minimum absolute atomic E-state index is 0.211. The molecule has 1 amide bonds. The Labute approximate surface area is 125 Å². The molecule has 1 rings (SSSR count). The monoisotopic (exact) mass is 282 g/mol. The number of rotatable bonds is 6. The number of nitrogens with two attached hydrogens (primary N) is 1. The van der Waals surface area contributed by atoms with Gasteiger partial charge in [0, 0.05) is 13.0 Å². The van der Waals surface area contributed by atoms with Crippen molar-refractivity contribution >= 4 is 5.91 Å². The van der Waals surface area contributed by atoms with Gasteiger partial charge in [-0.3, -0.25) is 4.79 Å². The minimum atomic E-state index is 0.211. The van der Waals surface area contributed by atoms with E-state index in [9.17, 15) is 4.79 Å². The summed E-state index contributed by atoms with van der Waals surface area (Å²) in [5, 5.41) is 3.14. The van der Waals surface area contributed by atoms with E-state index in [-0.39, 0.29) is 5.91 Å². The summed E-state index contributed by atoms with van der Waals surface area (Å²) in [5.41, 5.74) is 6.14. The Morgan fingerprint density at radius 3 is 2.40 bits per heavy atom. The second-order valence-electron chi connectivity index (χ2n) is 7.92. The summed E-state index contributed by atoms with van der Waals surface area (Å²) in [6.07, 6.45) is 6.79. The van der Waals surface area contributed by atoms with Gasteiger partial charge in [0.05, 0.1) is 0 Å². The van der Waals surface area contributed by atoms with Crippen LogP contribution in [0, 0.1) is 23.2 Å². The molecule has 20 heavy (non-hydrogen) atoms. The lowest BCUT2D eigenvalue weighted by molar-refractivity contribution is -0.122. The van der Waals surface area contributed by atoms with Crippen LogP contribution in [0.25, 0.3) is 0 Å². The zero-order chi connectivity index (χ0) is 15.2. The molecule has 0 aromatic heterocycles. The molecule has 3 atom stereocenters. The van der Waals surface area contributed by atoms with E-state index in [0.717, 1.165) is 19.5 Å². The lowest BCUT2D eigenvalue weighted by Gasteiger charge is -2.31. The van der Waals surface area contributed by atoms with Crippen molar-refractivity contribution in [1.29, 1.82) is 0 Å². The van der Waals surface area contributed by atoms with Crippen LogP contribution in [0.1, 0.15) is 66.2 Å². The highest BCUT2D eigenvalue weighted by molar-refractivity contribution is 5.76. The molecule has 1 fully saturated rings. The van der Waals surface area contributed by atoms with Gasteiger partial charge in [0.15, 0.2) is 0 Å². The van der Waals surface area contributed by atoms with Crippen molar-refractivity contribution in [2.75, 3.05) is 13.1 Å². The van der Waals surface area contributed by atoms with Gasteiger partial charge in [-0.2, -0.15) is 0 Å². The van der Waals surface area contributed by atoms with Gasteiger partial charge in [-0.25, -0.2) is 0 Å². The maximum Gasteiger partial charge on any atom is 0.220 e. The Hall–Kier alpha value is -0.570.